The minimum atomic E-state index is -0.0258. The van der Waals surface area contributed by atoms with Gasteiger partial charge in [-0.15, -0.1) is 0 Å². The van der Waals surface area contributed by atoms with Crippen molar-refractivity contribution in [1.82, 2.24) is 10.2 Å². The number of carbonyl (C=O) groups excluding carboxylic acids is 2. The summed E-state index contributed by atoms with van der Waals surface area (Å²) in [6, 6.07) is 15.7. The Labute approximate surface area is 155 Å². The summed E-state index contributed by atoms with van der Waals surface area (Å²) in [5, 5.41) is 3.11. The smallest absolute Gasteiger partial charge is 0.251 e. The fourth-order valence-corrected chi connectivity index (χ4v) is 3.31. The monoisotopic (exact) mass is 350 g/mol. The highest BCUT2D eigenvalue weighted by molar-refractivity contribution is 5.94. The van der Waals surface area contributed by atoms with E-state index in [4.69, 9.17) is 0 Å². The average molecular weight is 350 g/mol. The van der Waals surface area contributed by atoms with E-state index in [1.54, 1.807) is 0 Å². The van der Waals surface area contributed by atoms with Crippen LogP contribution in [0, 0.1) is 13.8 Å². The number of carbonyl (C=O) groups is 2. The topological polar surface area (TPSA) is 49.4 Å². The van der Waals surface area contributed by atoms with Gasteiger partial charge in [0.2, 0.25) is 5.91 Å². The SMILES string of the molecule is Cc1ccc(C(=O)NC2CCN(C(=O)Cc3ccccc3)CC2)cc1C. The van der Waals surface area contributed by atoms with E-state index in [0.29, 0.717) is 25.1 Å². The third-order valence-electron chi connectivity index (χ3n) is 5.15. The Morgan fingerprint density at radius 1 is 1.00 bits per heavy atom. The molecule has 0 saturated carbocycles. The van der Waals surface area contributed by atoms with Crippen LogP contribution in [0.15, 0.2) is 48.5 Å². The zero-order valence-electron chi connectivity index (χ0n) is 15.5. The van der Waals surface area contributed by atoms with Crippen molar-refractivity contribution >= 4 is 11.8 Å². The highest BCUT2D eigenvalue weighted by Crippen LogP contribution is 2.15. The van der Waals surface area contributed by atoms with Gasteiger partial charge in [0, 0.05) is 24.7 Å². The molecule has 1 aliphatic heterocycles. The first-order valence-electron chi connectivity index (χ1n) is 9.23. The summed E-state index contributed by atoms with van der Waals surface area (Å²) in [5.74, 6) is 0.136. The predicted octanol–water partition coefficient (Wildman–Crippen LogP) is 3.27. The first kappa shape index (κ1) is 18.2. The number of rotatable bonds is 4. The summed E-state index contributed by atoms with van der Waals surface area (Å²) in [6.07, 6.45) is 2.05. The standard InChI is InChI=1S/C22H26N2O2/c1-16-8-9-19(14-17(16)2)22(26)23-20-10-12-24(13-11-20)21(25)15-18-6-4-3-5-7-18/h3-9,14,20H,10-13,15H2,1-2H3,(H,23,26). The third-order valence-corrected chi connectivity index (χ3v) is 5.15. The van der Waals surface area contributed by atoms with Gasteiger partial charge in [-0.2, -0.15) is 0 Å². The second-order valence-electron chi connectivity index (χ2n) is 7.09. The first-order chi connectivity index (χ1) is 12.5. The van der Waals surface area contributed by atoms with Crippen LogP contribution in [0.4, 0.5) is 0 Å². The van der Waals surface area contributed by atoms with Gasteiger partial charge in [-0.3, -0.25) is 9.59 Å². The Bertz CT molecular complexity index is 778. The van der Waals surface area contributed by atoms with Crippen molar-refractivity contribution in [3.63, 3.8) is 0 Å². The van der Waals surface area contributed by atoms with Crippen LogP contribution in [0.1, 0.15) is 39.9 Å². The molecule has 2 aromatic carbocycles. The normalized spacial score (nSPS) is 14.9. The maximum atomic E-state index is 12.4. The van der Waals surface area contributed by atoms with Crippen LogP contribution >= 0.6 is 0 Å². The number of hydrogen-bond acceptors (Lipinski definition) is 2. The lowest BCUT2D eigenvalue weighted by Gasteiger charge is -2.32. The van der Waals surface area contributed by atoms with Gasteiger partial charge in [0.05, 0.1) is 6.42 Å². The third kappa shape index (κ3) is 4.51. The van der Waals surface area contributed by atoms with Crippen LogP contribution in [0.3, 0.4) is 0 Å². The van der Waals surface area contributed by atoms with Gasteiger partial charge in [-0.25, -0.2) is 0 Å². The molecule has 26 heavy (non-hydrogen) atoms. The minimum Gasteiger partial charge on any atom is -0.349 e. The molecule has 2 amide bonds. The summed E-state index contributed by atoms with van der Waals surface area (Å²) in [6.45, 7) is 5.45. The molecule has 4 heteroatoms. The molecule has 0 unspecified atom stereocenters. The molecule has 1 fully saturated rings. The molecule has 0 radical (unpaired) electrons. The van der Waals surface area contributed by atoms with Crippen LogP contribution in [0.5, 0.6) is 0 Å². The molecule has 4 nitrogen and oxygen atoms in total. The van der Waals surface area contributed by atoms with Gasteiger partial charge in [0.1, 0.15) is 0 Å². The number of nitrogens with one attached hydrogen (secondary N) is 1. The minimum absolute atomic E-state index is 0.0258. The van der Waals surface area contributed by atoms with Crippen LogP contribution in [0.25, 0.3) is 0 Å². The largest absolute Gasteiger partial charge is 0.349 e. The van der Waals surface area contributed by atoms with Gasteiger partial charge >= 0.3 is 0 Å². The van der Waals surface area contributed by atoms with E-state index in [-0.39, 0.29) is 17.9 Å². The van der Waals surface area contributed by atoms with E-state index in [1.165, 1.54) is 5.56 Å². The summed E-state index contributed by atoms with van der Waals surface area (Å²) < 4.78 is 0. The lowest BCUT2D eigenvalue weighted by Crippen LogP contribution is -2.47. The average Bonchev–Trinajstić information content (AvgIpc) is 2.65. The molecule has 0 aliphatic carbocycles. The number of nitrogens with zero attached hydrogens (tertiary/aromatic N) is 1. The highest BCUT2D eigenvalue weighted by Gasteiger charge is 2.24. The second kappa shape index (κ2) is 8.17. The molecular formula is C22H26N2O2. The molecule has 3 rings (SSSR count). The summed E-state index contributed by atoms with van der Waals surface area (Å²) in [7, 11) is 0. The second-order valence-corrected chi connectivity index (χ2v) is 7.09. The molecule has 136 valence electrons. The van der Waals surface area contributed by atoms with Crippen molar-refractivity contribution in [3.8, 4) is 0 Å². The number of amides is 2. The molecule has 0 aromatic heterocycles. The molecule has 0 spiro atoms. The lowest BCUT2D eigenvalue weighted by molar-refractivity contribution is -0.131. The van der Waals surface area contributed by atoms with Gasteiger partial charge in [-0.1, -0.05) is 36.4 Å². The zero-order valence-corrected chi connectivity index (χ0v) is 15.5. The first-order valence-corrected chi connectivity index (χ1v) is 9.23. The quantitative estimate of drug-likeness (QED) is 0.920. The summed E-state index contributed by atoms with van der Waals surface area (Å²) >= 11 is 0. The van der Waals surface area contributed by atoms with Crippen molar-refractivity contribution in [1.29, 1.82) is 0 Å². The van der Waals surface area contributed by atoms with E-state index in [2.05, 4.69) is 5.32 Å². The predicted molar refractivity (Wildman–Crippen MR) is 103 cm³/mol. The molecule has 0 bridgehead atoms. The number of aryl methyl sites for hydroxylation is 2. The molecule has 0 atom stereocenters. The molecule has 1 saturated heterocycles. The Morgan fingerprint density at radius 2 is 1.69 bits per heavy atom. The Kier molecular flexibility index (Phi) is 5.71. The van der Waals surface area contributed by atoms with Crippen molar-refractivity contribution in [3.05, 3.63) is 70.8 Å². The fraction of sp³-hybridized carbons (Fsp3) is 0.364. The van der Waals surface area contributed by atoms with Crippen LogP contribution in [-0.4, -0.2) is 35.8 Å². The molecule has 1 heterocycles. The molecule has 2 aromatic rings. The van der Waals surface area contributed by atoms with E-state index in [9.17, 15) is 9.59 Å². The van der Waals surface area contributed by atoms with Crippen molar-refractivity contribution in [2.24, 2.45) is 0 Å². The van der Waals surface area contributed by atoms with Gasteiger partial charge in [0.15, 0.2) is 0 Å². The summed E-state index contributed by atoms with van der Waals surface area (Å²) in [4.78, 5) is 26.8. The number of benzene rings is 2. The zero-order chi connectivity index (χ0) is 18.5. The maximum absolute atomic E-state index is 12.4. The van der Waals surface area contributed by atoms with E-state index < -0.39 is 0 Å². The number of piperidine rings is 1. The fourth-order valence-electron chi connectivity index (χ4n) is 3.31. The maximum Gasteiger partial charge on any atom is 0.251 e. The molecular weight excluding hydrogens is 324 g/mol. The summed E-state index contributed by atoms with van der Waals surface area (Å²) in [5.41, 5.74) is 4.06. The van der Waals surface area contributed by atoms with Gasteiger partial charge in [0.25, 0.3) is 5.91 Å². The Morgan fingerprint density at radius 3 is 2.35 bits per heavy atom. The van der Waals surface area contributed by atoms with Crippen LogP contribution < -0.4 is 5.32 Å². The van der Waals surface area contributed by atoms with E-state index >= 15 is 0 Å². The molecule has 1 N–H and O–H groups in total. The molecule has 1 aliphatic rings. The van der Waals surface area contributed by atoms with Crippen molar-refractivity contribution in [2.45, 2.75) is 39.2 Å². The number of hydrogen-bond donors (Lipinski definition) is 1. The Balaban J connectivity index is 1.49. The van der Waals surface area contributed by atoms with Gasteiger partial charge < -0.3 is 10.2 Å². The Hall–Kier alpha value is -2.62. The van der Waals surface area contributed by atoms with E-state index in [0.717, 1.165) is 24.0 Å². The van der Waals surface area contributed by atoms with Crippen molar-refractivity contribution in [2.75, 3.05) is 13.1 Å². The van der Waals surface area contributed by atoms with Crippen LogP contribution in [0.2, 0.25) is 0 Å². The van der Waals surface area contributed by atoms with Crippen molar-refractivity contribution < 1.29 is 9.59 Å². The number of likely N-dealkylation sites (tertiary alicyclic amines) is 1. The van der Waals surface area contributed by atoms with E-state index in [1.807, 2.05) is 67.3 Å². The highest BCUT2D eigenvalue weighted by atomic mass is 16.2. The van der Waals surface area contributed by atoms with Crippen LogP contribution in [-0.2, 0) is 11.2 Å². The lowest BCUT2D eigenvalue weighted by atomic mass is 10.0. The van der Waals surface area contributed by atoms with Gasteiger partial charge in [-0.05, 0) is 55.5 Å².